The van der Waals surface area contributed by atoms with Crippen molar-refractivity contribution in [3.63, 3.8) is 0 Å². The van der Waals surface area contributed by atoms with Gasteiger partial charge in [0.25, 0.3) is 5.91 Å². The van der Waals surface area contributed by atoms with E-state index in [2.05, 4.69) is 36.3 Å². The predicted molar refractivity (Wildman–Crippen MR) is 138 cm³/mol. The van der Waals surface area contributed by atoms with Gasteiger partial charge in [0.05, 0.1) is 5.71 Å². The Kier molecular flexibility index (Phi) is 7.31. The molecule has 0 aromatic carbocycles. The number of terminal acetylenes is 1. The standard InChI is InChI=1S/C29H42N2O5/c1-6-18(3)25(26(33)34)30-24(32)17-36-31-20-10-13-27(4)19(16-20)8-9-21-22(27)11-14-28(5)23(21)12-15-29(28,35)7-2/h2,16,18,21-23,25,35H,6,8-15,17H2,1,3-5H3,(H,30,32)(H,33,34)/t18-,21-,22+,23+,25+,27+,28+,29-/m1/s1. The molecule has 198 valence electrons. The number of rotatable bonds is 7. The van der Waals surface area contributed by atoms with E-state index in [0.29, 0.717) is 30.6 Å². The van der Waals surface area contributed by atoms with Gasteiger partial charge in [0.15, 0.2) is 6.61 Å². The van der Waals surface area contributed by atoms with Gasteiger partial charge in [-0.15, -0.1) is 6.42 Å². The zero-order chi connectivity index (χ0) is 26.3. The minimum Gasteiger partial charge on any atom is -0.480 e. The molecule has 8 atom stereocenters. The van der Waals surface area contributed by atoms with Gasteiger partial charge in [-0.1, -0.05) is 50.8 Å². The largest absolute Gasteiger partial charge is 0.480 e. The normalized spacial score (nSPS) is 40.1. The number of amides is 1. The number of carbonyl (C=O) groups is 2. The van der Waals surface area contributed by atoms with E-state index in [1.54, 1.807) is 6.92 Å². The molecule has 7 nitrogen and oxygen atoms in total. The van der Waals surface area contributed by atoms with Crippen molar-refractivity contribution in [1.29, 1.82) is 0 Å². The fourth-order valence-corrected chi connectivity index (χ4v) is 7.97. The molecule has 0 aromatic heterocycles. The topological polar surface area (TPSA) is 108 Å². The number of oxime groups is 1. The molecule has 0 aromatic rings. The van der Waals surface area contributed by atoms with Crippen molar-refractivity contribution in [3.8, 4) is 12.3 Å². The number of aliphatic carboxylic acids is 1. The first-order valence-electron chi connectivity index (χ1n) is 13.6. The highest BCUT2D eigenvalue weighted by molar-refractivity contribution is 5.96. The number of hydrogen-bond donors (Lipinski definition) is 3. The number of nitrogens with zero attached hydrogens (tertiary/aromatic N) is 1. The molecule has 4 rings (SSSR count). The molecule has 0 heterocycles. The van der Waals surface area contributed by atoms with Crippen LogP contribution in [0.4, 0.5) is 0 Å². The molecule has 7 heteroatoms. The van der Waals surface area contributed by atoms with Crippen molar-refractivity contribution in [2.24, 2.45) is 39.7 Å². The molecule has 0 bridgehead atoms. The second-order valence-electron chi connectivity index (χ2n) is 12.1. The number of aliphatic hydroxyl groups is 1. The summed E-state index contributed by atoms with van der Waals surface area (Å²) in [5, 5.41) is 27.3. The van der Waals surface area contributed by atoms with Gasteiger partial charge in [-0.2, -0.15) is 0 Å². The second-order valence-corrected chi connectivity index (χ2v) is 12.1. The molecule has 3 fully saturated rings. The molecule has 0 saturated heterocycles. The zero-order valence-electron chi connectivity index (χ0n) is 22.2. The molecule has 0 unspecified atom stereocenters. The Hall–Kier alpha value is -2.33. The number of nitrogens with one attached hydrogen (secondary N) is 1. The first kappa shape index (κ1) is 26.7. The monoisotopic (exact) mass is 498 g/mol. The van der Waals surface area contributed by atoms with E-state index >= 15 is 0 Å². The number of hydrogen-bond acceptors (Lipinski definition) is 5. The van der Waals surface area contributed by atoms with Crippen LogP contribution in [0.1, 0.15) is 85.5 Å². The third-order valence-electron chi connectivity index (χ3n) is 10.5. The summed E-state index contributed by atoms with van der Waals surface area (Å²) < 4.78 is 0. The van der Waals surface area contributed by atoms with Crippen molar-refractivity contribution < 1.29 is 24.6 Å². The number of carboxylic acids is 1. The van der Waals surface area contributed by atoms with Gasteiger partial charge in [-0.25, -0.2) is 4.79 Å². The van der Waals surface area contributed by atoms with Crippen LogP contribution in [0.5, 0.6) is 0 Å². The Morgan fingerprint density at radius 1 is 1.22 bits per heavy atom. The average Bonchev–Trinajstić information content (AvgIpc) is 3.13. The molecule has 3 saturated carbocycles. The summed E-state index contributed by atoms with van der Waals surface area (Å²) >= 11 is 0. The Labute approximate surface area is 215 Å². The van der Waals surface area contributed by atoms with E-state index in [9.17, 15) is 19.8 Å². The van der Waals surface area contributed by atoms with Crippen molar-refractivity contribution in [1.82, 2.24) is 5.32 Å². The third kappa shape index (κ3) is 4.36. The molecular weight excluding hydrogens is 456 g/mol. The first-order chi connectivity index (χ1) is 17.0. The highest BCUT2D eigenvalue weighted by Crippen LogP contribution is 2.67. The fraction of sp³-hybridized carbons (Fsp3) is 0.759. The molecular formula is C29H42N2O5. The maximum Gasteiger partial charge on any atom is 0.326 e. The summed E-state index contributed by atoms with van der Waals surface area (Å²) in [7, 11) is 0. The predicted octanol–water partition coefficient (Wildman–Crippen LogP) is 4.30. The van der Waals surface area contributed by atoms with Gasteiger partial charge in [0.1, 0.15) is 11.6 Å². The third-order valence-corrected chi connectivity index (χ3v) is 10.5. The van der Waals surface area contributed by atoms with Crippen molar-refractivity contribution in [2.75, 3.05) is 6.61 Å². The molecule has 4 aliphatic rings. The highest BCUT2D eigenvalue weighted by atomic mass is 16.6. The van der Waals surface area contributed by atoms with Crippen molar-refractivity contribution >= 4 is 17.6 Å². The van der Waals surface area contributed by atoms with Gasteiger partial charge < -0.3 is 20.4 Å². The van der Waals surface area contributed by atoms with Crippen LogP contribution in [-0.4, -0.2) is 46.1 Å². The minimum absolute atomic E-state index is 0.114. The number of carbonyl (C=O) groups excluding carboxylic acids is 1. The fourth-order valence-electron chi connectivity index (χ4n) is 7.97. The molecule has 36 heavy (non-hydrogen) atoms. The number of fused-ring (bicyclic) bond motifs is 5. The van der Waals surface area contributed by atoms with Crippen molar-refractivity contribution in [2.45, 2.75) is 97.1 Å². The van der Waals surface area contributed by atoms with E-state index in [1.165, 1.54) is 5.57 Å². The van der Waals surface area contributed by atoms with Gasteiger partial charge in [0.2, 0.25) is 0 Å². The van der Waals surface area contributed by atoms with Crippen LogP contribution in [0, 0.1) is 46.8 Å². The quantitative estimate of drug-likeness (QED) is 0.358. The van der Waals surface area contributed by atoms with Crippen LogP contribution in [-0.2, 0) is 14.4 Å². The van der Waals surface area contributed by atoms with Gasteiger partial charge >= 0.3 is 5.97 Å². The van der Waals surface area contributed by atoms with Gasteiger partial charge in [0, 0.05) is 5.41 Å². The summed E-state index contributed by atoms with van der Waals surface area (Å²) in [6, 6.07) is -0.930. The molecule has 0 radical (unpaired) electrons. The summed E-state index contributed by atoms with van der Waals surface area (Å²) in [6.07, 6.45) is 16.3. The maximum absolute atomic E-state index is 12.2. The van der Waals surface area contributed by atoms with E-state index in [1.807, 2.05) is 6.92 Å². The maximum atomic E-state index is 12.2. The van der Waals surface area contributed by atoms with Crippen LogP contribution in [0.2, 0.25) is 0 Å². The Morgan fingerprint density at radius 2 is 1.94 bits per heavy atom. The van der Waals surface area contributed by atoms with Crippen LogP contribution < -0.4 is 5.32 Å². The lowest BCUT2D eigenvalue weighted by molar-refractivity contribution is -0.144. The smallest absolute Gasteiger partial charge is 0.326 e. The SMILES string of the molecule is C#C[C@@]1(O)CC[C@H]2[C@@H]3CCC4=CC(=NOCC(=O)N[C@H](C(=O)O)[C@H](C)CC)CC[C@]4(C)[C@H]3CC[C@@]21C. The molecule has 0 spiro atoms. The van der Waals surface area contributed by atoms with E-state index in [0.717, 1.165) is 50.7 Å². The van der Waals surface area contributed by atoms with E-state index < -0.39 is 23.5 Å². The Morgan fingerprint density at radius 3 is 2.61 bits per heavy atom. The zero-order valence-corrected chi connectivity index (χ0v) is 22.2. The number of allylic oxidation sites excluding steroid dienone is 2. The van der Waals surface area contributed by atoms with Crippen LogP contribution in [0.25, 0.3) is 0 Å². The van der Waals surface area contributed by atoms with E-state index in [-0.39, 0.29) is 23.4 Å². The number of carboxylic acid groups (broad SMARTS) is 1. The lowest BCUT2D eigenvalue weighted by atomic mass is 9.46. The van der Waals surface area contributed by atoms with E-state index in [4.69, 9.17) is 11.3 Å². The summed E-state index contributed by atoms with van der Waals surface area (Å²) in [5.41, 5.74) is 1.20. The Bertz CT molecular complexity index is 998. The highest BCUT2D eigenvalue weighted by Gasteiger charge is 2.63. The summed E-state index contributed by atoms with van der Waals surface area (Å²) in [4.78, 5) is 29.0. The Balaban J connectivity index is 1.40. The summed E-state index contributed by atoms with van der Waals surface area (Å²) in [5.74, 6) is 2.70. The lowest BCUT2D eigenvalue weighted by Crippen LogP contribution is -2.54. The first-order valence-corrected chi connectivity index (χ1v) is 13.6. The van der Waals surface area contributed by atoms with Crippen LogP contribution >= 0.6 is 0 Å². The van der Waals surface area contributed by atoms with Gasteiger partial charge in [-0.05, 0) is 86.5 Å². The van der Waals surface area contributed by atoms with Gasteiger partial charge in [-0.3, -0.25) is 4.79 Å². The molecule has 1 amide bonds. The molecule has 4 aliphatic carbocycles. The minimum atomic E-state index is -1.04. The second kappa shape index (κ2) is 9.85. The summed E-state index contributed by atoms with van der Waals surface area (Å²) in [6.45, 7) is 8.01. The van der Waals surface area contributed by atoms with Crippen molar-refractivity contribution in [3.05, 3.63) is 11.6 Å². The molecule has 3 N–H and O–H groups in total. The van der Waals surface area contributed by atoms with Crippen LogP contribution in [0.3, 0.4) is 0 Å². The lowest BCUT2D eigenvalue weighted by Gasteiger charge is -2.58. The van der Waals surface area contributed by atoms with Crippen LogP contribution in [0.15, 0.2) is 16.8 Å². The molecule has 0 aliphatic heterocycles. The average molecular weight is 499 g/mol.